The number of rotatable bonds is 8. The van der Waals surface area contributed by atoms with E-state index in [1.165, 1.54) is 30.3 Å². The van der Waals surface area contributed by atoms with Gasteiger partial charge < -0.3 is 20.1 Å². The van der Waals surface area contributed by atoms with Crippen LogP contribution in [0.3, 0.4) is 0 Å². The first-order valence-corrected chi connectivity index (χ1v) is 10.1. The van der Waals surface area contributed by atoms with Crippen LogP contribution in [0.5, 0.6) is 0 Å². The summed E-state index contributed by atoms with van der Waals surface area (Å²) in [5, 5.41) is 12.3. The molecular weight excluding hydrogens is 409 g/mol. The maximum Gasteiger partial charge on any atom is 0.407 e. The predicted octanol–water partition coefficient (Wildman–Crippen LogP) is 4.79. The first-order valence-electron chi connectivity index (χ1n) is 10.1. The molecule has 1 atom stereocenters. The van der Waals surface area contributed by atoms with Gasteiger partial charge in [0, 0.05) is 42.6 Å². The highest BCUT2D eigenvalue weighted by Gasteiger charge is 2.18. The highest BCUT2D eigenvalue weighted by molar-refractivity contribution is 5.91. The average molecular weight is 434 g/mol. The van der Waals surface area contributed by atoms with Crippen LogP contribution in [-0.4, -0.2) is 35.9 Å². The Balaban J connectivity index is 1.78. The summed E-state index contributed by atoms with van der Waals surface area (Å²) in [5.41, 5.74) is 1.79. The number of alkyl carbamates (subject to hydrolysis) is 1. The van der Waals surface area contributed by atoms with Gasteiger partial charge in [0.25, 0.3) is 0 Å². The largest absolute Gasteiger partial charge is 0.449 e. The van der Waals surface area contributed by atoms with E-state index in [4.69, 9.17) is 4.74 Å². The fourth-order valence-electron chi connectivity index (χ4n) is 3.42. The number of aromatic amines is 1. The van der Waals surface area contributed by atoms with E-state index < -0.39 is 23.5 Å². The van der Waals surface area contributed by atoms with Crippen LogP contribution in [-0.2, 0) is 11.2 Å². The summed E-state index contributed by atoms with van der Waals surface area (Å²) >= 11 is 0. The number of carbonyl (C=O) groups excluding carboxylic acids is 1. The number of aromatic nitrogens is 1. The Kier molecular flexibility index (Phi) is 7.22. The fourth-order valence-corrected chi connectivity index (χ4v) is 3.42. The number of amides is 1. The van der Waals surface area contributed by atoms with Crippen LogP contribution in [0.4, 0.5) is 18.0 Å². The SMILES string of the molecule is CC(C)C(CO)CNC(=O)OCCc1c(-c2ccc(F)cc2)[nH]c2c(F)cc(F)cc12. The summed E-state index contributed by atoms with van der Waals surface area (Å²) in [7, 11) is 0. The number of hydrogen-bond donors (Lipinski definition) is 3. The van der Waals surface area contributed by atoms with Crippen LogP contribution in [0.1, 0.15) is 19.4 Å². The standard InChI is InChI=1S/C23H25F3N2O3/c1-13(2)15(12-29)11-27-23(30)31-8-7-18-19-9-17(25)10-20(26)22(19)28-21(18)14-3-5-16(24)6-4-14/h3-6,9-10,13,15,28-29H,7-8,11-12H2,1-2H3,(H,27,30). The summed E-state index contributed by atoms with van der Waals surface area (Å²) in [4.78, 5) is 14.9. The second-order valence-corrected chi connectivity index (χ2v) is 7.75. The molecule has 0 saturated carbocycles. The van der Waals surface area contributed by atoms with Gasteiger partial charge in [-0.3, -0.25) is 0 Å². The Morgan fingerprint density at radius 3 is 2.48 bits per heavy atom. The molecule has 166 valence electrons. The van der Waals surface area contributed by atoms with E-state index in [0.717, 1.165) is 6.07 Å². The summed E-state index contributed by atoms with van der Waals surface area (Å²) < 4.78 is 46.7. The van der Waals surface area contributed by atoms with Gasteiger partial charge in [-0.25, -0.2) is 18.0 Å². The fraction of sp³-hybridized carbons (Fsp3) is 0.348. The molecule has 1 aromatic heterocycles. The third-order valence-corrected chi connectivity index (χ3v) is 5.34. The minimum Gasteiger partial charge on any atom is -0.449 e. The molecular formula is C23H25F3N2O3. The quantitative estimate of drug-likeness (QED) is 0.477. The number of H-pyrrole nitrogens is 1. The second kappa shape index (κ2) is 9.87. The lowest BCUT2D eigenvalue weighted by Crippen LogP contribution is -2.33. The minimum atomic E-state index is -0.744. The molecule has 8 heteroatoms. The zero-order chi connectivity index (χ0) is 22.5. The van der Waals surface area contributed by atoms with Gasteiger partial charge in [-0.1, -0.05) is 13.8 Å². The summed E-state index contributed by atoms with van der Waals surface area (Å²) in [5.74, 6) is -1.77. The number of aliphatic hydroxyl groups is 1. The Morgan fingerprint density at radius 2 is 1.84 bits per heavy atom. The lowest BCUT2D eigenvalue weighted by molar-refractivity contribution is 0.138. The number of ether oxygens (including phenoxy) is 1. The van der Waals surface area contributed by atoms with Crippen LogP contribution < -0.4 is 5.32 Å². The molecule has 3 rings (SSSR count). The first-order chi connectivity index (χ1) is 14.8. The maximum atomic E-state index is 14.3. The second-order valence-electron chi connectivity index (χ2n) is 7.75. The molecule has 0 radical (unpaired) electrons. The lowest BCUT2D eigenvalue weighted by atomic mass is 9.97. The van der Waals surface area contributed by atoms with Gasteiger partial charge in [-0.15, -0.1) is 0 Å². The molecule has 0 bridgehead atoms. The molecule has 5 nitrogen and oxygen atoms in total. The highest BCUT2D eigenvalue weighted by Crippen LogP contribution is 2.33. The Morgan fingerprint density at radius 1 is 1.13 bits per heavy atom. The number of benzene rings is 2. The molecule has 1 heterocycles. The maximum absolute atomic E-state index is 14.3. The number of aliphatic hydroxyl groups excluding tert-OH is 1. The van der Waals surface area contributed by atoms with Crippen molar-refractivity contribution in [2.45, 2.75) is 20.3 Å². The zero-order valence-corrected chi connectivity index (χ0v) is 17.3. The molecule has 3 aromatic rings. The van der Waals surface area contributed by atoms with E-state index in [0.29, 0.717) is 22.2 Å². The van der Waals surface area contributed by atoms with Crippen molar-refractivity contribution in [3.63, 3.8) is 0 Å². The van der Waals surface area contributed by atoms with E-state index in [-0.39, 0.29) is 43.5 Å². The summed E-state index contributed by atoms with van der Waals surface area (Å²) in [6, 6.07) is 7.62. The number of hydrogen-bond acceptors (Lipinski definition) is 3. The van der Waals surface area contributed by atoms with Crippen molar-refractivity contribution < 1.29 is 27.8 Å². The van der Waals surface area contributed by atoms with Crippen LogP contribution in [0.2, 0.25) is 0 Å². The van der Waals surface area contributed by atoms with Gasteiger partial charge in [0.1, 0.15) is 17.5 Å². The molecule has 0 fully saturated rings. The average Bonchev–Trinajstić information content (AvgIpc) is 3.07. The van der Waals surface area contributed by atoms with E-state index >= 15 is 0 Å². The normalized spacial score (nSPS) is 12.4. The number of nitrogens with one attached hydrogen (secondary N) is 2. The molecule has 0 spiro atoms. The number of halogens is 3. The van der Waals surface area contributed by atoms with Crippen LogP contribution in [0, 0.1) is 29.3 Å². The van der Waals surface area contributed by atoms with Gasteiger partial charge in [0.05, 0.1) is 12.1 Å². The third kappa shape index (κ3) is 5.38. The monoisotopic (exact) mass is 434 g/mol. The molecule has 1 amide bonds. The third-order valence-electron chi connectivity index (χ3n) is 5.34. The lowest BCUT2D eigenvalue weighted by Gasteiger charge is -2.18. The van der Waals surface area contributed by atoms with Crippen LogP contribution >= 0.6 is 0 Å². The predicted molar refractivity (Wildman–Crippen MR) is 112 cm³/mol. The molecule has 0 saturated heterocycles. The van der Waals surface area contributed by atoms with Gasteiger partial charge >= 0.3 is 6.09 Å². The minimum absolute atomic E-state index is 0.0312. The van der Waals surface area contributed by atoms with E-state index in [1.807, 2.05) is 13.8 Å². The van der Waals surface area contributed by atoms with E-state index in [9.17, 15) is 23.1 Å². The molecule has 3 N–H and O–H groups in total. The molecule has 0 aliphatic rings. The van der Waals surface area contributed by atoms with Crippen molar-refractivity contribution in [2.75, 3.05) is 19.8 Å². The highest BCUT2D eigenvalue weighted by atomic mass is 19.1. The summed E-state index contributed by atoms with van der Waals surface area (Å²) in [6.07, 6.45) is -0.448. The smallest absolute Gasteiger partial charge is 0.407 e. The number of fused-ring (bicyclic) bond motifs is 1. The molecule has 31 heavy (non-hydrogen) atoms. The van der Waals surface area contributed by atoms with Crippen LogP contribution in [0.25, 0.3) is 22.2 Å². The van der Waals surface area contributed by atoms with Crippen molar-refractivity contribution in [3.8, 4) is 11.3 Å². The zero-order valence-electron chi connectivity index (χ0n) is 17.3. The molecule has 0 aliphatic heterocycles. The summed E-state index contributed by atoms with van der Waals surface area (Å²) in [6.45, 7) is 4.08. The molecule has 0 aliphatic carbocycles. The molecule has 2 aromatic carbocycles. The van der Waals surface area contributed by atoms with E-state index in [1.54, 1.807) is 0 Å². The van der Waals surface area contributed by atoms with Gasteiger partial charge in [0.2, 0.25) is 0 Å². The van der Waals surface area contributed by atoms with Crippen molar-refractivity contribution in [2.24, 2.45) is 11.8 Å². The van der Waals surface area contributed by atoms with Gasteiger partial charge in [-0.2, -0.15) is 0 Å². The Labute approximate surface area is 178 Å². The Hall–Kier alpha value is -3.00. The number of carbonyl (C=O) groups is 1. The molecule has 1 unspecified atom stereocenters. The van der Waals surface area contributed by atoms with Gasteiger partial charge in [-0.05, 0) is 47.4 Å². The van der Waals surface area contributed by atoms with Gasteiger partial charge in [0.15, 0.2) is 0 Å². The van der Waals surface area contributed by atoms with Crippen LogP contribution in [0.15, 0.2) is 36.4 Å². The topological polar surface area (TPSA) is 74.3 Å². The van der Waals surface area contributed by atoms with Crippen molar-refractivity contribution in [1.82, 2.24) is 10.3 Å². The van der Waals surface area contributed by atoms with Crippen molar-refractivity contribution in [3.05, 3.63) is 59.4 Å². The van der Waals surface area contributed by atoms with Crippen molar-refractivity contribution >= 4 is 17.0 Å². The van der Waals surface area contributed by atoms with Crippen molar-refractivity contribution in [1.29, 1.82) is 0 Å². The Bertz CT molecular complexity index is 1050. The first kappa shape index (κ1) is 22.7. The van der Waals surface area contributed by atoms with E-state index in [2.05, 4.69) is 10.3 Å².